The van der Waals surface area contributed by atoms with E-state index in [0.717, 1.165) is 30.3 Å². The maximum Gasteiger partial charge on any atom is 0.181 e. The van der Waals surface area contributed by atoms with Crippen LogP contribution >= 0.6 is 0 Å². The molecule has 1 aliphatic rings. The first-order chi connectivity index (χ1) is 11.8. The minimum absolute atomic E-state index is 0.219. The molecule has 1 fully saturated rings. The van der Waals surface area contributed by atoms with Crippen LogP contribution in [-0.2, 0) is 25.8 Å². The van der Waals surface area contributed by atoms with Crippen LogP contribution in [-0.4, -0.2) is 41.8 Å². The summed E-state index contributed by atoms with van der Waals surface area (Å²) in [6.07, 6.45) is 16.3. The molecule has 1 rings (SSSR count). The van der Waals surface area contributed by atoms with Gasteiger partial charge in [0, 0.05) is 12.2 Å². The Hall–Kier alpha value is -0.0700. The topological polar surface area (TPSA) is 74.3 Å². The molecule has 0 N–H and O–H groups in total. The number of hydrogen-bond acceptors (Lipinski definition) is 4. The summed E-state index contributed by atoms with van der Waals surface area (Å²) < 4.78 is 29.5. The molecule has 1 saturated carbocycles. The zero-order valence-corrected chi connectivity index (χ0v) is 18.1. The highest BCUT2D eigenvalue weighted by Gasteiger charge is 2.29. The van der Waals surface area contributed by atoms with Gasteiger partial charge in [-0.2, -0.15) is 0 Å². The largest absolute Gasteiger partial charge is 0.748 e. The minimum Gasteiger partial charge on any atom is -0.748 e. The van der Waals surface area contributed by atoms with Crippen molar-refractivity contribution < 1.29 is 17.8 Å². The van der Waals surface area contributed by atoms with Crippen LogP contribution < -0.4 is 0 Å². The predicted molar refractivity (Wildman–Crippen MR) is 108 cm³/mol. The Morgan fingerprint density at radius 3 is 2.08 bits per heavy atom. The summed E-state index contributed by atoms with van der Waals surface area (Å²) in [5.41, 5.74) is 0. The maximum atomic E-state index is 11.9. The number of unbranched alkanes of at least 4 members (excludes halogenated alkanes) is 4. The molecule has 1 aliphatic carbocycles. The molecule has 1 unspecified atom stereocenters. The van der Waals surface area contributed by atoms with Gasteiger partial charge in [-0.1, -0.05) is 46.0 Å². The Balaban J connectivity index is 0.000000609. The van der Waals surface area contributed by atoms with E-state index in [1.165, 1.54) is 51.4 Å². The van der Waals surface area contributed by atoms with Crippen LogP contribution in [0.1, 0.15) is 90.9 Å². The number of rotatable bonds is 11. The maximum absolute atomic E-state index is 11.9. The van der Waals surface area contributed by atoms with Gasteiger partial charge in [0.05, 0.1) is 16.4 Å². The molecule has 0 amide bonds. The highest BCUT2D eigenvalue weighted by Crippen LogP contribution is 2.24. The van der Waals surface area contributed by atoms with Crippen molar-refractivity contribution in [1.29, 1.82) is 0 Å². The average molecular weight is 395 g/mol. The molecule has 25 heavy (non-hydrogen) atoms. The zero-order chi connectivity index (χ0) is 19.1. The van der Waals surface area contributed by atoms with Crippen LogP contribution in [0.2, 0.25) is 0 Å². The number of ketones is 1. The highest BCUT2D eigenvalue weighted by molar-refractivity contribution is 7.97. The van der Waals surface area contributed by atoms with E-state index in [4.69, 9.17) is 0 Å². The van der Waals surface area contributed by atoms with Gasteiger partial charge in [0.15, 0.2) is 11.5 Å². The summed E-state index contributed by atoms with van der Waals surface area (Å²) in [5.74, 6) is 1.18. The predicted octanol–water partition coefficient (Wildman–Crippen LogP) is 4.44. The van der Waals surface area contributed by atoms with Crippen molar-refractivity contribution in [1.82, 2.24) is 0 Å². The van der Waals surface area contributed by atoms with Gasteiger partial charge in [-0.05, 0) is 49.4 Å². The number of carbonyl (C=O) groups excluding carboxylic acids is 1. The number of hydrogen-bond donors (Lipinski definition) is 0. The monoisotopic (exact) mass is 394 g/mol. The summed E-state index contributed by atoms with van der Waals surface area (Å²) >= 11 is 0. The van der Waals surface area contributed by atoms with Crippen molar-refractivity contribution in [2.45, 2.75) is 96.1 Å². The third-order valence-electron chi connectivity index (χ3n) is 4.57. The summed E-state index contributed by atoms with van der Waals surface area (Å²) in [7, 11) is -3.58. The molecule has 0 radical (unpaired) electrons. The molecule has 0 saturated heterocycles. The first-order valence-electron chi connectivity index (χ1n) is 9.86. The molecule has 150 valence electrons. The first-order valence-corrected chi connectivity index (χ1v) is 13.3. The second-order valence-electron chi connectivity index (χ2n) is 7.06. The molecule has 6 heteroatoms. The van der Waals surface area contributed by atoms with Crippen LogP contribution in [0.25, 0.3) is 0 Å². The fourth-order valence-corrected chi connectivity index (χ4v) is 5.65. The lowest BCUT2D eigenvalue weighted by molar-refractivity contribution is -0.116. The van der Waals surface area contributed by atoms with Crippen molar-refractivity contribution in [3.05, 3.63) is 0 Å². The molecule has 0 heterocycles. The minimum atomic E-state index is -3.94. The van der Waals surface area contributed by atoms with E-state index in [1.54, 1.807) is 0 Å². The average Bonchev–Trinajstić information content (AvgIpc) is 2.57. The van der Waals surface area contributed by atoms with E-state index >= 15 is 0 Å². The second-order valence-corrected chi connectivity index (χ2v) is 10.9. The summed E-state index contributed by atoms with van der Waals surface area (Å²) in [6.45, 7) is 4.06. The Morgan fingerprint density at radius 1 is 1.00 bits per heavy atom. The van der Waals surface area contributed by atoms with Crippen LogP contribution in [0.4, 0.5) is 0 Å². The third kappa shape index (κ3) is 15.9. The van der Waals surface area contributed by atoms with Crippen LogP contribution in [0.3, 0.4) is 0 Å². The van der Waals surface area contributed by atoms with Gasteiger partial charge in [-0.15, -0.1) is 0 Å². The lowest BCUT2D eigenvalue weighted by atomic mass is 10.0. The van der Waals surface area contributed by atoms with Crippen molar-refractivity contribution in [2.24, 2.45) is 0 Å². The molecule has 0 spiro atoms. The molecular weight excluding hydrogens is 356 g/mol. The molecule has 0 bridgehead atoms. The van der Waals surface area contributed by atoms with Crippen molar-refractivity contribution in [3.8, 4) is 0 Å². The summed E-state index contributed by atoms with van der Waals surface area (Å²) in [5, 5.41) is 0.864. The van der Waals surface area contributed by atoms with Crippen LogP contribution in [0, 0.1) is 0 Å². The Labute approximate surface area is 158 Å². The van der Waals surface area contributed by atoms with Gasteiger partial charge < -0.3 is 4.55 Å². The molecule has 1 atom stereocenters. The smallest absolute Gasteiger partial charge is 0.181 e. The number of carbonyl (C=O) groups is 1. The van der Waals surface area contributed by atoms with Crippen LogP contribution in [0.5, 0.6) is 0 Å². The van der Waals surface area contributed by atoms with Gasteiger partial charge in [0.2, 0.25) is 0 Å². The Morgan fingerprint density at radius 2 is 1.60 bits per heavy atom. The SMILES string of the molecule is CCCCCCC(=O)C[S+](C)C1CCCCC1.CCCCS(=O)(=O)[O-]. The molecule has 0 aromatic rings. The Bertz CT molecular complexity index is 429. The van der Waals surface area contributed by atoms with E-state index < -0.39 is 10.1 Å². The van der Waals surface area contributed by atoms with E-state index in [0.29, 0.717) is 23.1 Å². The summed E-state index contributed by atoms with van der Waals surface area (Å²) in [6, 6.07) is 0. The second kappa shape index (κ2) is 15.0. The van der Waals surface area contributed by atoms with E-state index in [-0.39, 0.29) is 5.75 Å². The van der Waals surface area contributed by atoms with E-state index in [2.05, 4.69) is 13.2 Å². The molecule has 0 aromatic carbocycles. The summed E-state index contributed by atoms with van der Waals surface area (Å²) in [4.78, 5) is 11.9. The Kier molecular flexibility index (Phi) is 15.0. The highest BCUT2D eigenvalue weighted by atomic mass is 32.2. The quantitative estimate of drug-likeness (QED) is 0.295. The van der Waals surface area contributed by atoms with Gasteiger partial charge in [-0.25, -0.2) is 8.42 Å². The van der Waals surface area contributed by atoms with E-state index in [9.17, 15) is 17.8 Å². The molecule has 4 nitrogen and oxygen atoms in total. The van der Waals surface area contributed by atoms with Crippen molar-refractivity contribution >= 4 is 26.8 Å². The van der Waals surface area contributed by atoms with Gasteiger partial charge in [0.1, 0.15) is 5.25 Å². The standard InChI is InChI=1S/C15H29OS.C4H10O3S/c1-3-4-5-7-10-14(16)13-17(2)15-11-8-6-9-12-15;1-2-3-4-8(5,6)7/h15H,3-13H2,1-2H3;2-4H2,1H3,(H,5,6,7)/q+1;/p-1. The number of Topliss-reactive ketones (excluding diaryl/α,β-unsaturated/α-hetero) is 1. The molecular formula is C19H38O4S2. The zero-order valence-electron chi connectivity index (χ0n) is 16.4. The van der Waals surface area contributed by atoms with Gasteiger partial charge >= 0.3 is 0 Å². The van der Waals surface area contributed by atoms with Crippen molar-refractivity contribution in [2.75, 3.05) is 17.8 Å². The molecule has 0 aromatic heterocycles. The lowest BCUT2D eigenvalue weighted by Crippen LogP contribution is -2.29. The molecule has 0 aliphatic heterocycles. The van der Waals surface area contributed by atoms with Crippen LogP contribution in [0.15, 0.2) is 0 Å². The van der Waals surface area contributed by atoms with Gasteiger partial charge in [-0.3, -0.25) is 4.79 Å². The fraction of sp³-hybridized carbons (Fsp3) is 0.947. The van der Waals surface area contributed by atoms with Gasteiger partial charge in [0.25, 0.3) is 0 Å². The lowest BCUT2D eigenvalue weighted by Gasteiger charge is -2.20. The fourth-order valence-electron chi connectivity index (χ4n) is 2.98. The third-order valence-corrected chi connectivity index (χ3v) is 7.74. The van der Waals surface area contributed by atoms with Crippen molar-refractivity contribution in [3.63, 3.8) is 0 Å². The normalized spacial score (nSPS) is 16.8. The first kappa shape index (κ1) is 24.9. The van der Waals surface area contributed by atoms with E-state index in [1.807, 2.05) is 6.92 Å².